The molecule has 1 aromatic heterocycles. The first-order valence-corrected chi connectivity index (χ1v) is 5.16. The van der Waals surface area contributed by atoms with Crippen molar-refractivity contribution >= 4 is 5.82 Å². The van der Waals surface area contributed by atoms with E-state index < -0.39 is 5.60 Å². The van der Waals surface area contributed by atoms with Crippen LogP contribution in [0.2, 0.25) is 0 Å². The third-order valence-corrected chi connectivity index (χ3v) is 2.68. The predicted molar refractivity (Wildman–Crippen MR) is 58.4 cm³/mol. The van der Waals surface area contributed by atoms with Gasteiger partial charge in [0.05, 0.1) is 6.61 Å². The number of hydrogen-bond acceptors (Lipinski definition) is 5. The van der Waals surface area contributed by atoms with Crippen LogP contribution in [0.25, 0.3) is 0 Å². The zero-order valence-corrected chi connectivity index (χ0v) is 9.14. The Morgan fingerprint density at radius 1 is 1.75 bits per heavy atom. The van der Waals surface area contributed by atoms with Gasteiger partial charge in [-0.3, -0.25) is 4.79 Å². The van der Waals surface area contributed by atoms with Gasteiger partial charge in [0, 0.05) is 39.0 Å². The first kappa shape index (κ1) is 11.1. The third-order valence-electron chi connectivity index (χ3n) is 2.68. The number of ether oxygens (including phenoxy) is 1. The first-order valence-electron chi connectivity index (χ1n) is 5.16. The average Bonchev–Trinajstić information content (AvgIpc) is 2.68. The summed E-state index contributed by atoms with van der Waals surface area (Å²) in [6.07, 6.45) is 3.70. The summed E-state index contributed by atoms with van der Waals surface area (Å²) in [4.78, 5) is 15.5. The van der Waals surface area contributed by atoms with Gasteiger partial charge in [-0.05, 0) is 0 Å². The minimum Gasteiger partial charge on any atom is -0.386 e. The van der Waals surface area contributed by atoms with E-state index in [4.69, 9.17) is 4.74 Å². The lowest BCUT2D eigenvalue weighted by molar-refractivity contribution is 0.0381. The van der Waals surface area contributed by atoms with Crippen LogP contribution in [0, 0.1) is 0 Å². The van der Waals surface area contributed by atoms with Crippen molar-refractivity contribution in [3.63, 3.8) is 0 Å². The molecule has 1 aromatic rings. The van der Waals surface area contributed by atoms with E-state index in [0.29, 0.717) is 19.6 Å². The number of hydrogen-bond donors (Lipinski definition) is 2. The zero-order valence-electron chi connectivity index (χ0n) is 9.14. The summed E-state index contributed by atoms with van der Waals surface area (Å²) < 4.78 is 6.54. The maximum absolute atomic E-state index is 11.6. The molecular formula is C10H15N3O3. The van der Waals surface area contributed by atoms with Crippen LogP contribution in [-0.2, 0) is 11.8 Å². The van der Waals surface area contributed by atoms with Crippen molar-refractivity contribution in [2.45, 2.75) is 12.0 Å². The maximum Gasteiger partial charge on any atom is 0.293 e. The normalized spacial score (nSPS) is 24.6. The molecule has 2 heterocycles. The molecular weight excluding hydrogens is 210 g/mol. The zero-order chi connectivity index (χ0) is 11.6. The molecule has 1 saturated heterocycles. The Morgan fingerprint density at radius 2 is 2.56 bits per heavy atom. The lowest BCUT2D eigenvalue weighted by Crippen LogP contribution is -2.38. The van der Waals surface area contributed by atoms with E-state index in [1.807, 2.05) is 0 Å². The highest BCUT2D eigenvalue weighted by Crippen LogP contribution is 2.17. The number of nitrogens with one attached hydrogen (secondary N) is 1. The van der Waals surface area contributed by atoms with Crippen LogP contribution in [-0.4, -0.2) is 40.0 Å². The molecule has 2 N–H and O–H groups in total. The van der Waals surface area contributed by atoms with Crippen LogP contribution in [0.1, 0.15) is 6.42 Å². The van der Waals surface area contributed by atoms with Gasteiger partial charge in [0.25, 0.3) is 5.56 Å². The number of nitrogens with zero attached hydrogens (tertiary/aromatic N) is 2. The number of rotatable bonds is 3. The maximum atomic E-state index is 11.6. The molecule has 2 rings (SSSR count). The van der Waals surface area contributed by atoms with Gasteiger partial charge in [0.15, 0.2) is 5.82 Å². The molecule has 6 heteroatoms. The van der Waals surface area contributed by atoms with Crippen molar-refractivity contribution in [2.75, 3.05) is 25.1 Å². The number of aryl methyl sites for hydroxylation is 1. The Hall–Kier alpha value is -1.40. The largest absolute Gasteiger partial charge is 0.386 e. The minimum absolute atomic E-state index is 0.204. The van der Waals surface area contributed by atoms with Crippen LogP contribution < -0.4 is 10.9 Å². The molecule has 1 unspecified atom stereocenters. The van der Waals surface area contributed by atoms with Gasteiger partial charge in [-0.15, -0.1) is 0 Å². The highest BCUT2D eigenvalue weighted by molar-refractivity contribution is 5.31. The van der Waals surface area contributed by atoms with Gasteiger partial charge in [-0.25, -0.2) is 4.98 Å². The quantitative estimate of drug-likeness (QED) is 0.714. The van der Waals surface area contributed by atoms with E-state index >= 15 is 0 Å². The second-order valence-electron chi connectivity index (χ2n) is 4.07. The summed E-state index contributed by atoms with van der Waals surface area (Å²) in [6.45, 7) is 1.13. The highest BCUT2D eigenvalue weighted by Gasteiger charge is 2.32. The molecule has 0 saturated carbocycles. The second-order valence-corrected chi connectivity index (χ2v) is 4.07. The van der Waals surface area contributed by atoms with Gasteiger partial charge < -0.3 is 19.7 Å². The van der Waals surface area contributed by atoms with Crippen molar-refractivity contribution in [2.24, 2.45) is 7.05 Å². The lowest BCUT2D eigenvalue weighted by atomic mass is 10.0. The number of aromatic nitrogens is 2. The lowest BCUT2D eigenvalue weighted by Gasteiger charge is -2.20. The van der Waals surface area contributed by atoms with E-state index in [1.54, 1.807) is 19.4 Å². The Balaban J connectivity index is 2.05. The van der Waals surface area contributed by atoms with E-state index in [2.05, 4.69) is 10.3 Å². The molecule has 1 aliphatic heterocycles. The topological polar surface area (TPSA) is 76.4 Å². The Bertz CT molecular complexity index is 424. The molecule has 88 valence electrons. The molecule has 1 fully saturated rings. The highest BCUT2D eigenvalue weighted by atomic mass is 16.5. The van der Waals surface area contributed by atoms with Crippen molar-refractivity contribution < 1.29 is 9.84 Å². The number of anilines is 1. The molecule has 0 aliphatic carbocycles. The minimum atomic E-state index is -0.886. The van der Waals surface area contributed by atoms with Crippen LogP contribution in [0.5, 0.6) is 0 Å². The summed E-state index contributed by atoms with van der Waals surface area (Å²) in [7, 11) is 1.66. The Morgan fingerprint density at radius 3 is 3.25 bits per heavy atom. The predicted octanol–water partition coefficient (Wildman–Crippen LogP) is -0.656. The van der Waals surface area contributed by atoms with Gasteiger partial charge in [-0.2, -0.15) is 0 Å². The van der Waals surface area contributed by atoms with E-state index in [9.17, 15) is 9.90 Å². The van der Waals surface area contributed by atoms with Gasteiger partial charge in [0.2, 0.25) is 0 Å². The van der Waals surface area contributed by atoms with Crippen molar-refractivity contribution in [1.29, 1.82) is 0 Å². The van der Waals surface area contributed by atoms with Crippen LogP contribution >= 0.6 is 0 Å². The van der Waals surface area contributed by atoms with Crippen molar-refractivity contribution in [3.8, 4) is 0 Å². The summed E-state index contributed by atoms with van der Waals surface area (Å²) in [5.74, 6) is 0.255. The molecule has 0 radical (unpaired) electrons. The van der Waals surface area contributed by atoms with E-state index in [1.165, 1.54) is 4.57 Å². The van der Waals surface area contributed by atoms with Gasteiger partial charge >= 0.3 is 0 Å². The smallest absolute Gasteiger partial charge is 0.293 e. The standard InChI is InChI=1S/C10H15N3O3/c1-13-4-3-11-8(9(13)14)12-6-10(15)2-5-16-7-10/h3-4,15H,2,5-7H2,1H3,(H,11,12). The molecule has 0 aromatic carbocycles. The van der Waals surface area contributed by atoms with Crippen LogP contribution in [0.15, 0.2) is 17.2 Å². The molecule has 0 spiro atoms. The fourth-order valence-corrected chi connectivity index (χ4v) is 1.60. The van der Waals surface area contributed by atoms with Crippen molar-refractivity contribution in [3.05, 3.63) is 22.7 Å². The van der Waals surface area contributed by atoms with Crippen molar-refractivity contribution in [1.82, 2.24) is 9.55 Å². The molecule has 1 aliphatic rings. The van der Waals surface area contributed by atoms with E-state index in [0.717, 1.165) is 0 Å². The first-order chi connectivity index (χ1) is 7.61. The van der Waals surface area contributed by atoms with E-state index in [-0.39, 0.29) is 17.9 Å². The summed E-state index contributed by atoms with van der Waals surface area (Å²) in [5.41, 5.74) is -1.09. The fourth-order valence-electron chi connectivity index (χ4n) is 1.60. The summed E-state index contributed by atoms with van der Waals surface area (Å²) >= 11 is 0. The monoisotopic (exact) mass is 225 g/mol. The average molecular weight is 225 g/mol. The molecule has 6 nitrogen and oxygen atoms in total. The SMILES string of the molecule is Cn1ccnc(NCC2(O)CCOC2)c1=O. The third kappa shape index (κ3) is 2.23. The fraction of sp³-hybridized carbons (Fsp3) is 0.600. The summed E-state index contributed by atoms with van der Waals surface area (Å²) in [5, 5.41) is 12.9. The molecule has 0 bridgehead atoms. The summed E-state index contributed by atoms with van der Waals surface area (Å²) in [6, 6.07) is 0. The second kappa shape index (κ2) is 4.23. The van der Waals surface area contributed by atoms with Gasteiger partial charge in [0.1, 0.15) is 5.60 Å². The van der Waals surface area contributed by atoms with Crippen LogP contribution in [0.3, 0.4) is 0 Å². The molecule has 1 atom stereocenters. The molecule has 0 amide bonds. The van der Waals surface area contributed by atoms with Gasteiger partial charge in [-0.1, -0.05) is 0 Å². The number of aliphatic hydroxyl groups is 1. The molecule has 16 heavy (non-hydrogen) atoms. The Labute approximate surface area is 92.9 Å². The van der Waals surface area contributed by atoms with Crippen LogP contribution in [0.4, 0.5) is 5.82 Å². The Kier molecular flexibility index (Phi) is 2.93.